The van der Waals surface area contributed by atoms with E-state index >= 15 is 0 Å². The molecule has 9 nitrogen and oxygen atoms in total. The fourth-order valence-corrected chi connectivity index (χ4v) is 5.92. The third-order valence-electron chi connectivity index (χ3n) is 7.93. The monoisotopic (exact) mass is 521 g/mol. The average Bonchev–Trinajstić information content (AvgIpc) is 3.39. The summed E-state index contributed by atoms with van der Waals surface area (Å²) in [5.74, 6) is -1.18. The van der Waals surface area contributed by atoms with Gasteiger partial charge in [0.25, 0.3) is 0 Å². The number of pyridine rings is 1. The van der Waals surface area contributed by atoms with Crippen LogP contribution in [0, 0.1) is 18.6 Å². The maximum absolute atomic E-state index is 14.6. The van der Waals surface area contributed by atoms with E-state index in [9.17, 15) is 18.4 Å². The number of likely N-dealkylation sites (tertiary alicyclic amines) is 1. The number of imidazole rings is 2. The minimum Gasteiger partial charge on any atom is -0.330 e. The number of amides is 2. The average molecular weight is 522 g/mol. The highest BCUT2D eigenvalue weighted by atomic mass is 19.2. The van der Waals surface area contributed by atoms with Crippen LogP contribution in [0.15, 0.2) is 47.5 Å². The van der Waals surface area contributed by atoms with Crippen molar-refractivity contribution in [3.05, 3.63) is 81.9 Å². The van der Waals surface area contributed by atoms with Crippen LogP contribution in [0.4, 0.5) is 13.6 Å². The van der Waals surface area contributed by atoms with E-state index in [0.717, 1.165) is 23.1 Å². The molecule has 2 amide bonds. The molecule has 0 bridgehead atoms. The molecule has 1 saturated heterocycles. The van der Waals surface area contributed by atoms with Gasteiger partial charge in [-0.25, -0.2) is 28.3 Å². The van der Waals surface area contributed by atoms with Gasteiger partial charge in [0.1, 0.15) is 5.82 Å². The van der Waals surface area contributed by atoms with Crippen LogP contribution in [0.3, 0.4) is 0 Å². The SMILES string of the molecule is Cc1cnc2n1C[C@H](c1cccc(F)c1F)CC[C@H]2NC(=O)N1CCC(n2c(=O)[nH]c3ncccc32)CC1. The van der Waals surface area contributed by atoms with Crippen molar-refractivity contribution >= 4 is 17.2 Å². The van der Waals surface area contributed by atoms with Crippen LogP contribution in [-0.2, 0) is 6.54 Å². The predicted molar refractivity (Wildman–Crippen MR) is 137 cm³/mol. The molecule has 6 rings (SSSR count). The number of aryl methyl sites for hydroxylation is 1. The molecule has 5 heterocycles. The maximum atomic E-state index is 14.6. The number of urea groups is 1. The molecule has 2 atom stereocenters. The van der Waals surface area contributed by atoms with E-state index in [-0.39, 0.29) is 29.7 Å². The van der Waals surface area contributed by atoms with Crippen LogP contribution in [0.1, 0.15) is 60.8 Å². The minimum absolute atomic E-state index is 0.0224. The van der Waals surface area contributed by atoms with Crippen molar-refractivity contribution in [3.63, 3.8) is 0 Å². The second kappa shape index (κ2) is 9.70. The van der Waals surface area contributed by atoms with E-state index in [4.69, 9.17) is 0 Å². The molecule has 1 fully saturated rings. The molecule has 38 heavy (non-hydrogen) atoms. The first kappa shape index (κ1) is 24.3. The zero-order valence-corrected chi connectivity index (χ0v) is 21.0. The normalized spacial score (nSPS) is 20.3. The molecular weight excluding hydrogens is 492 g/mol. The number of carbonyl (C=O) groups excluding carboxylic acids is 1. The zero-order chi connectivity index (χ0) is 26.4. The van der Waals surface area contributed by atoms with E-state index in [2.05, 4.69) is 20.3 Å². The molecular formula is C27H29F2N7O2. The lowest BCUT2D eigenvalue weighted by Crippen LogP contribution is -2.46. The van der Waals surface area contributed by atoms with Gasteiger partial charge in [-0.3, -0.25) is 9.55 Å². The second-order valence-electron chi connectivity index (χ2n) is 10.2. The number of benzene rings is 1. The number of nitrogens with one attached hydrogen (secondary N) is 2. The summed E-state index contributed by atoms with van der Waals surface area (Å²) in [6.45, 7) is 3.40. The number of aromatic nitrogens is 5. The van der Waals surface area contributed by atoms with E-state index in [1.54, 1.807) is 34.0 Å². The molecule has 2 aliphatic rings. The van der Waals surface area contributed by atoms with Crippen molar-refractivity contribution in [3.8, 4) is 0 Å². The second-order valence-corrected chi connectivity index (χ2v) is 10.2. The van der Waals surface area contributed by atoms with Crippen molar-refractivity contribution < 1.29 is 13.6 Å². The summed E-state index contributed by atoms with van der Waals surface area (Å²) in [4.78, 5) is 39.2. The van der Waals surface area contributed by atoms with Gasteiger partial charge in [-0.05, 0) is 56.4 Å². The Kier molecular flexibility index (Phi) is 6.21. The Morgan fingerprint density at radius 3 is 2.71 bits per heavy atom. The van der Waals surface area contributed by atoms with Gasteiger partial charge in [0.05, 0.1) is 11.6 Å². The highest BCUT2D eigenvalue weighted by Gasteiger charge is 2.32. The number of H-pyrrole nitrogens is 1. The number of halogens is 2. The summed E-state index contributed by atoms with van der Waals surface area (Å²) in [5.41, 5.74) is 2.40. The number of carbonyl (C=O) groups is 1. The van der Waals surface area contributed by atoms with Gasteiger partial charge < -0.3 is 14.8 Å². The Bertz CT molecular complexity index is 1550. The number of rotatable bonds is 3. The quantitative estimate of drug-likeness (QED) is 0.423. The minimum atomic E-state index is -0.853. The molecule has 0 spiro atoms. The van der Waals surface area contributed by atoms with Gasteiger partial charge >= 0.3 is 11.7 Å². The molecule has 11 heteroatoms. The molecule has 1 aromatic carbocycles. The molecule has 0 radical (unpaired) electrons. The molecule has 0 unspecified atom stereocenters. The van der Waals surface area contributed by atoms with E-state index in [0.29, 0.717) is 56.5 Å². The smallest absolute Gasteiger partial charge is 0.327 e. The number of aromatic amines is 1. The van der Waals surface area contributed by atoms with E-state index in [1.807, 2.05) is 17.6 Å². The number of fused-ring (bicyclic) bond motifs is 2. The number of nitrogens with zero attached hydrogens (tertiary/aromatic N) is 5. The first-order chi connectivity index (χ1) is 18.4. The topological polar surface area (TPSA) is 101 Å². The lowest BCUT2D eigenvalue weighted by Gasteiger charge is -2.33. The summed E-state index contributed by atoms with van der Waals surface area (Å²) in [6, 6.07) is 7.41. The Balaban J connectivity index is 1.15. The highest BCUT2D eigenvalue weighted by molar-refractivity contribution is 5.75. The van der Waals surface area contributed by atoms with Crippen LogP contribution in [0.25, 0.3) is 11.2 Å². The first-order valence-electron chi connectivity index (χ1n) is 13.0. The predicted octanol–water partition coefficient (Wildman–Crippen LogP) is 4.17. The van der Waals surface area contributed by atoms with Crippen molar-refractivity contribution in [2.24, 2.45) is 0 Å². The Hall–Kier alpha value is -4.02. The van der Waals surface area contributed by atoms with Gasteiger partial charge in [-0.2, -0.15) is 0 Å². The number of hydrogen-bond donors (Lipinski definition) is 2. The largest absolute Gasteiger partial charge is 0.330 e. The molecule has 3 aromatic heterocycles. The molecule has 0 aliphatic carbocycles. The highest BCUT2D eigenvalue weighted by Crippen LogP contribution is 2.35. The van der Waals surface area contributed by atoms with Crippen LogP contribution in [-0.4, -0.2) is 48.1 Å². The summed E-state index contributed by atoms with van der Waals surface area (Å²) in [6.07, 6.45) is 5.82. The molecule has 4 aromatic rings. The van der Waals surface area contributed by atoms with Gasteiger partial charge in [-0.1, -0.05) is 12.1 Å². The van der Waals surface area contributed by atoms with Crippen LogP contribution >= 0.6 is 0 Å². The molecule has 2 N–H and O–H groups in total. The summed E-state index contributed by atoms with van der Waals surface area (Å²) in [7, 11) is 0. The van der Waals surface area contributed by atoms with Gasteiger partial charge in [0.15, 0.2) is 17.3 Å². The van der Waals surface area contributed by atoms with Gasteiger partial charge in [-0.15, -0.1) is 0 Å². The van der Waals surface area contributed by atoms with Crippen LogP contribution in [0.2, 0.25) is 0 Å². The Morgan fingerprint density at radius 1 is 1.08 bits per heavy atom. The summed E-state index contributed by atoms with van der Waals surface area (Å²) >= 11 is 0. The lowest BCUT2D eigenvalue weighted by molar-refractivity contribution is 0.167. The summed E-state index contributed by atoms with van der Waals surface area (Å²) < 4.78 is 32.3. The van der Waals surface area contributed by atoms with Gasteiger partial charge in [0, 0.05) is 49.7 Å². The number of piperidine rings is 1. The first-order valence-corrected chi connectivity index (χ1v) is 13.0. The van der Waals surface area contributed by atoms with Crippen molar-refractivity contribution in [2.75, 3.05) is 13.1 Å². The van der Waals surface area contributed by atoms with Gasteiger partial charge in [0.2, 0.25) is 0 Å². The van der Waals surface area contributed by atoms with E-state index < -0.39 is 11.6 Å². The fraction of sp³-hybridized carbons (Fsp3) is 0.407. The maximum Gasteiger partial charge on any atom is 0.327 e. The zero-order valence-electron chi connectivity index (χ0n) is 21.0. The number of hydrogen-bond acceptors (Lipinski definition) is 4. The molecule has 2 aliphatic heterocycles. The molecule has 0 saturated carbocycles. The molecule has 198 valence electrons. The third-order valence-corrected chi connectivity index (χ3v) is 7.93. The van der Waals surface area contributed by atoms with Crippen LogP contribution in [0.5, 0.6) is 0 Å². The van der Waals surface area contributed by atoms with E-state index in [1.165, 1.54) is 6.07 Å². The van der Waals surface area contributed by atoms with Crippen molar-refractivity contribution in [2.45, 2.75) is 57.2 Å². The standard InChI is InChI=1S/C27H29F2N7O2/c1-16-14-31-25-21(8-7-17(15-35(16)25)19-4-2-5-20(28)23(19)29)32-26(37)34-12-9-18(10-13-34)36-22-6-3-11-30-24(22)33-27(36)38/h2-6,11,14,17-18,21H,7-10,12-13,15H2,1H3,(H,32,37)(H,30,33,38)/t17-,21-/m1/s1. The van der Waals surface area contributed by atoms with Crippen molar-refractivity contribution in [1.82, 2.24) is 34.3 Å². The fourth-order valence-electron chi connectivity index (χ4n) is 5.92. The lowest BCUT2D eigenvalue weighted by atomic mass is 9.93. The third kappa shape index (κ3) is 4.25. The Labute approximate surface area is 217 Å². The van der Waals surface area contributed by atoms with Crippen molar-refractivity contribution in [1.29, 1.82) is 0 Å². The summed E-state index contributed by atoms with van der Waals surface area (Å²) in [5, 5.41) is 3.14. The Morgan fingerprint density at radius 2 is 1.89 bits per heavy atom. The van der Waals surface area contributed by atoms with Crippen LogP contribution < -0.4 is 11.0 Å².